The van der Waals surface area contributed by atoms with Gasteiger partial charge in [-0.2, -0.15) is 0 Å². The number of allylic oxidation sites excluding steroid dienone is 22. The molecule has 0 aromatic heterocycles. The molecule has 1 unspecified atom stereocenters. The van der Waals surface area contributed by atoms with E-state index in [4.69, 9.17) is 14.2 Å². The molecule has 0 spiro atoms. The van der Waals surface area contributed by atoms with Crippen molar-refractivity contribution in [2.24, 2.45) is 0 Å². The van der Waals surface area contributed by atoms with Crippen molar-refractivity contribution in [2.75, 3.05) is 13.2 Å². The minimum Gasteiger partial charge on any atom is -0.462 e. The maximum absolute atomic E-state index is 12.9. The van der Waals surface area contributed by atoms with Crippen LogP contribution in [-0.2, 0) is 28.6 Å². The first-order chi connectivity index (χ1) is 40.0. The average molecular weight is 1120 g/mol. The van der Waals surface area contributed by atoms with Gasteiger partial charge < -0.3 is 14.2 Å². The molecule has 0 aliphatic carbocycles. The molecule has 0 fully saturated rings. The summed E-state index contributed by atoms with van der Waals surface area (Å²) in [5, 5.41) is 0. The van der Waals surface area contributed by atoms with Gasteiger partial charge in [0.25, 0.3) is 0 Å². The van der Waals surface area contributed by atoms with E-state index in [-0.39, 0.29) is 31.1 Å². The Balaban J connectivity index is 4.37. The Kier molecular flexibility index (Phi) is 64.3. The molecule has 6 nitrogen and oxygen atoms in total. The van der Waals surface area contributed by atoms with Crippen molar-refractivity contribution in [3.63, 3.8) is 0 Å². The van der Waals surface area contributed by atoms with Crippen LogP contribution in [0.4, 0.5) is 0 Å². The summed E-state index contributed by atoms with van der Waals surface area (Å²) < 4.78 is 16.9. The van der Waals surface area contributed by atoms with Crippen LogP contribution in [0.25, 0.3) is 0 Å². The third-order valence-corrected chi connectivity index (χ3v) is 14.1. The van der Waals surface area contributed by atoms with E-state index in [2.05, 4.69) is 154 Å². The van der Waals surface area contributed by atoms with Crippen LogP contribution in [0.2, 0.25) is 0 Å². The Bertz CT molecular complexity index is 1720. The van der Waals surface area contributed by atoms with Crippen molar-refractivity contribution in [1.29, 1.82) is 0 Å². The molecule has 0 rings (SSSR count). The third-order valence-electron chi connectivity index (χ3n) is 14.1. The molecule has 0 radical (unpaired) electrons. The van der Waals surface area contributed by atoms with Crippen molar-refractivity contribution in [2.45, 2.75) is 309 Å². The number of esters is 3. The lowest BCUT2D eigenvalue weighted by molar-refractivity contribution is -0.167. The molecule has 460 valence electrons. The zero-order valence-corrected chi connectivity index (χ0v) is 52.8. The van der Waals surface area contributed by atoms with Crippen LogP contribution in [0.15, 0.2) is 134 Å². The second kappa shape index (κ2) is 68.1. The van der Waals surface area contributed by atoms with E-state index >= 15 is 0 Å². The van der Waals surface area contributed by atoms with Crippen LogP contribution in [0.1, 0.15) is 303 Å². The van der Waals surface area contributed by atoms with Gasteiger partial charge in [-0.1, -0.05) is 283 Å². The standard InChI is InChI=1S/C75H124O6/c1-4-7-10-13-16-19-22-25-28-30-32-34-35-36-37-38-39-41-42-44-47-50-53-56-59-62-65-68-74(77)80-71-72(70-79-73(76)67-64-61-58-55-52-49-46-27-24-21-18-15-12-9-6-3)81-75(78)69-66-63-60-57-54-51-48-45-43-40-33-31-29-26-23-20-17-14-11-8-5-2/h7-8,10-11,16-21,25-29,32-34,40,45-46,48,72H,4-6,9,12-15,22-24,30-31,35-39,41-44,47,49-71H2,1-3H3/b10-7-,11-8-,19-16-,20-17-,21-18-,28-25-,29-26-,34-32-,40-33-,46-27-,48-45-. The summed E-state index contributed by atoms with van der Waals surface area (Å²) in [6, 6.07) is 0. The van der Waals surface area contributed by atoms with E-state index in [1.807, 2.05) is 0 Å². The topological polar surface area (TPSA) is 78.9 Å². The highest BCUT2D eigenvalue weighted by Gasteiger charge is 2.19. The highest BCUT2D eigenvalue weighted by molar-refractivity contribution is 5.71. The second-order valence-electron chi connectivity index (χ2n) is 22.0. The zero-order valence-electron chi connectivity index (χ0n) is 52.8. The molecule has 0 aliphatic rings. The molecular weight excluding hydrogens is 997 g/mol. The molecule has 0 aromatic carbocycles. The van der Waals surface area contributed by atoms with Crippen molar-refractivity contribution < 1.29 is 28.6 Å². The first-order valence-electron chi connectivity index (χ1n) is 33.7. The number of rotatable bonds is 60. The van der Waals surface area contributed by atoms with Gasteiger partial charge in [-0.25, -0.2) is 0 Å². The zero-order chi connectivity index (χ0) is 58.5. The van der Waals surface area contributed by atoms with Gasteiger partial charge in [-0.05, 0) is 135 Å². The fraction of sp³-hybridized carbons (Fsp3) is 0.667. The molecule has 0 aliphatic heterocycles. The number of ether oxygens (including phenoxy) is 3. The third kappa shape index (κ3) is 66.2. The lowest BCUT2D eigenvalue weighted by atomic mass is 10.0. The molecule has 0 saturated carbocycles. The predicted octanol–water partition coefficient (Wildman–Crippen LogP) is 23.3. The van der Waals surface area contributed by atoms with E-state index in [9.17, 15) is 14.4 Å². The quantitative estimate of drug-likeness (QED) is 0.0261. The van der Waals surface area contributed by atoms with Crippen LogP contribution < -0.4 is 0 Å². The predicted molar refractivity (Wildman–Crippen MR) is 353 cm³/mol. The Labute approximate surface area is 500 Å². The van der Waals surface area contributed by atoms with Crippen LogP contribution in [0.3, 0.4) is 0 Å². The first kappa shape index (κ1) is 76.5. The van der Waals surface area contributed by atoms with Crippen LogP contribution in [-0.4, -0.2) is 37.2 Å². The van der Waals surface area contributed by atoms with E-state index < -0.39 is 6.10 Å². The molecule has 6 heteroatoms. The summed E-state index contributed by atoms with van der Waals surface area (Å²) in [5.74, 6) is -0.921. The highest BCUT2D eigenvalue weighted by atomic mass is 16.6. The van der Waals surface area contributed by atoms with Crippen LogP contribution in [0, 0.1) is 0 Å². The molecule has 0 N–H and O–H groups in total. The summed E-state index contributed by atoms with van der Waals surface area (Å²) in [5.41, 5.74) is 0. The molecule has 81 heavy (non-hydrogen) atoms. The summed E-state index contributed by atoms with van der Waals surface area (Å²) >= 11 is 0. The average Bonchev–Trinajstić information content (AvgIpc) is 3.47. The Morgan fingerprint density at radius 2 is 0.481 bits per heavy atom. The maximum Gasteiger partial charge on any atom is 0.306 e. The van der Waals surface area contributed by atoms with E-state index in [0.29, 0.717) is 19.3 Å². The number of unbranched alkanes of at least 4 members (excludes halogenated alkanes) is 27. The monoisotopic (exact) mass is 1120 g/mol. The van der Waals surface area contributed by atoms with Crippen molar-refractivity contribution in [3.8, 4) is 0 Å². The molecule has 0 aromatic rings. The van der Waals surface area contributed by atoms with Crippen molar-refractivity contribution >= 4 is 17.9 Å². The minimum atomic E-state index is -0.800. The lowest BCUT2D eigenvalue weighted by Crippen LogP contribution is -2.30. The van der Waals surface area contributed by atoms with E-state index in [1.54, 1.807) is 0 Å². The van der Waals surface area contributed by atoms with Crippen molar-refractivity contribution in [1.82, 2.24) is 0 Å². The molecule has 0 saturated heterocycles. The molecular formula is C75H124O6. The van der Waals surface area contributed by atoms with Crippen molar-refractivity contribution in [3.05, 3.63) is 134 Å². The van der Waals surface area contributed by atoms with Gasteiger partial charge in [-0.3, -0.25) is 14.4 Å². The minimum absolute atomic E-state index is 0.0932. The summed E-state index contributed by atoms with van der Waals surface area (Å²) in [6.45, 7) is 6.38. The van der Waals surface area contributed by atoms with Gasteiger partial charge in [0.15, 0.2) is 6.10 Å². The summed E-state index contributed by atoms with van der Waals surface area (Å²) in [7, 11) is 0. The Morgan fingerprint density at radius 3 is 0.753 bits per heavy atom. The van der Waals surface area contributed by atoms with E-state index in [1.165, 1.54) is 103 Å². The maximum atomic E-state index is 12.9. The molecule has 0 bridgehead atoms. The van der Waals surface area contributed by atoms with Gasteiger partial charge in [0.1, 0.15) is 13.2 Å². The Hall–Kier alpha value is -4.45. The van der Waals surface area contributed by atoms with E-state index in [0.717, 1.165) is 161 Å². The number of carbonyl (C=O) groups excluding carboxylic acids is 3. The molecule has 0 heterocycles. The number of hydrogen-bond donors (Lipinski definition) is 0. The smallest absolute Gasteiger partial charge is 0.306 e. The molecule has 1 atom stereocenters. The highest BCUT2D eigenvalue weighted by Crippen LogP contribution is 2.16. The first-order valence-corrected chi connectivity index (χ1v) is 33.7. The fourth-order valence-electron chi connectivity index (χ4n) is 9.14. The second-order valence-corrected chi connectivity index (χ2v) is 22.0. The van der Waals surface area contributed by atoms with Gasteiger partial charge >= 0.3 is 17.9 Å². The molecule has 0 amide bonds. The van der Waals surface area contributed by atoms with Gasteiger partial charge in [0.2, 0.25) is 0 Å². The van der Waals surface area contributed by atoms with Gasteiger partial charge in [0.05, 0.1) is 0 Å². The largest absolute Gasteiger partial charge is 0.462 e. The van der Waals surface area contributed by atoms with Crippen LogP contribution >= 0.6 is 0 Å². The van der Waals surface area contributed by atoms with Crippen LogP contribution in [0.5, 0.6) is 0 Å². The SMILES string of the molecule is CC/C=C\C/C=C\C/C=C\C/C=C\C/C=C\CCCCCCCC(=O)OC(COC(=O)CCCCCCC/C=C\C/C=C\CCCCC)COC(=O)CCCCCCCCCCCCCCCC/C=C\C/C=C\C/C=C\C/C=C\CC. The summed E-state index contributed by atoms with van der Waals surface area (Å²) in [6.07, 6.45) is 96.0. The van der Waals surface area contributed by atoms with Gasteiger partial charge in [-0.15, -0.1) is 0 Å². The Morgan fingerprint density at radius 1 is 0.259 bits per heavy atom. The number of hydrogen-bond acceptors (Lipinski definition) is 6. The van der Waals surface area contributed by atoms with Gasteiger partial charge in [0, 0.05) is 19.3 Å². The lowest BCUT2D eigenvalue weighted by Gasteiger charge is -2.18. The normalized spacial score (nSPS) is 13.0. The fourth-order valence-corrected chi connectivity index (χ4v) is 9.14. The summed E-state index contributed by atoms with van der Waals surface area (Å²) in [4.78, 5) is 38.4. The number of carbonyl (C=O) groups is 3.